The van der Waals surface area contributed by atoms with E-state index in [9.17, 15) is 0 Å². The maximum atomic E-state index is 6.57. The number of nitrogens with zero attached hydrogens (tertiary/aromatic N) is 2. The second kappa shape index (κ2) is 4.59. The van der Waals surface area contributed by atoms with Gasteiger partial charge in [-0.1, -0.05) is 47.6 Å². The quantitative estimate of drug-likeness (QED) is 0.854. The molecule has 0 saturated carbocycles. The maximum Gasteiger partial charge on any atom is 0.137 e. The van der Waals surface area contributed by atoms with Gasteiger partial charge in [0, 0.05) is 11.6 Å². The van der Waals surface area contributed by atoms with Crippen LogP contribution in [0.3, 0.4) is 0 Å². The predicted molar refractivity (Wildman–Crippen MR) is 85.0 cm³/mol. The third-order valence-corrected chi connectivity index (χ3v) is 3.74. The minimum absolute atomic E-state index is 0.000288. The van der Waals surface area contributed by atoms with E-state index in [1.54, 1.807) is 0 Å². The molecule has 2 aromatic rings. The molecular formula is C17H27N3. The van der Waals surface area contributed by atoms with Crippen LogP contribution in [-0.4, -0.2) is 9.38 Å². The lowest BCUT2D eigenvalue weighted by molar-refractivity contribution is 0.315. The fourth-order valence-corrected chi connectivity index (χ4v) is 2.43. The number of fused-ring (bicyclic) bond motifs is 1. The van der Waals surface area contributed by atoms with Crippen LogP contribution in [0.1, 0.15) is 64.5 Å². The molecule has 0 fully saturated rings. The number of hydrogen-bond acceptors (Lipinski definition) is 2. The number of aryl methyl sites for hydroxylation is 1. The molecule has 0 spiro atoms. The molecule has 0 saturated heterocycles. The van der Waals surface area contributed by atoms with Gasteiger partial charge < -0.3 is 10.1 Å². The highest BCUT2D eigenvalue weighted by molar-refractivity contribution is 5.47. The van der Waals surface area contributed by atoms with Gasteiger partial charge in [-0.3, -0.25) is 0 Å². The van der Waals surface area contributed by atoms with Gasteiger partial charge in [0.25, 0.3) is 0 Å². The molecule has 2 rings (SSSR count). The van der Waals surface area contributed by atoms with Crippen molar-refractivity contribution in [2.75, 3.05) is 0 Å². The smallest absolute Gasteiger partial charge is 0.137 e. The summed E-state index contributed by atoms with van der Waals surface area (Å²) in [4.78, 5) is 4.84. The predicted octanol–water partition coefficient (Wildman–Crippen LogP) is 3.99. The summed E-state index contributed by atoms with van der Waals surface area (Å²) in [6.45, 7) is 15.2. The molecule has 1 atom stereocenters. The van der Waals surface area contributed by atoms with Crippen molar-refractivity contribution in [1.29, 1.82) is 0 Å². The van der Waals surface area contributed by atoms with Crippen molar-refractivity contribution < 1.29 is 0 Å². The molecule has 3 heteroatoms. The molecular weight excluding hydrogens is 246 g/mol. The molecule has 2 aromatic heterocycles. The summed E-state index contributed by atoms with van der Waals surface area (Å²) < 4.78 is 2.17. The molecule has 0 aliphatic rings. The molecule has 2 N–H and O–H groups in total. The molecule has 0 aromatic carbocycles. The van der Waals surface area contributed by atoms with Crippen LogP contribution in [0.25, 0.3) is 5.65 Å². The lowest BCUT2D eigenvalue weighted by atomic mass is 9.81. The van der Waals surface area contributed by atoms with Gasteiger partial charge >= 0.3 is 0 Å². The first kappa shape index (κ1) is 15.0. The topological polar surface area (TPSA) is 43.3 Å². The lowest BCUT2D eigenvalue weighted by Gasteiger charge is -2.30. The van der Waals surface area contributed by atoms with Crippen molar-refractivity contribution in [2.45, 2.75) is 59.9 Å². The van der Waals surface area contributed by atoms with E-state index in [0.717, 1.165) is 17.0 Å². The van der Waals surface area contributed by atoms with Crippen LogP contribution in [0.2, 0.25) is 0 Å². The van der Waals surface area contributed by atoms with Crippen LogP contribution in [0, 0.1) is 12.3 Å². The zero-order valence-electron chi connectivity index (χ0n) is 13.8. The SMILES string of the molecule is Cc1ccc2nc(C(C)(C)C)c(C(N)C(C)(C)C)n2c1. The normalized spacial score (nSPS) is 14.8. The van der Waals surface area contributed by atoms with Gasteiger partial charge in [-0.15, -0.1) is 0 Å². The standard InChI is InChI=1S/C17H27N3/c1-11-8-9-12-19-15(17(5,6)7)13(20(12)10-11)14(18)16(2,3)4/h8-10,14H,18H2,1-7H3. The summed E-state index contributed by atoms with van der Waals surface area (Å²) in [6.07, 6.45) is 2.14. The molecule has 0 amide bonds. The van der Waals surface area contributed by atoms with Crippen LogP contribution in [0.5, 0.6) is 0 Å². The minimum Gasteiger partial charge on any atom is -0.322 e. The molecule has 110 valence electrons. The largest absolute Gasteiger partial charge is 0.322 e. The summed E-state index contributed by atoms with van der Waals surface area (Å²) in [7, 11) is 0. The Balaban J connectivity index is 2.80. The Morgan fingerprint density at radius 3 is 2.20 bits per heavy atom. The van der Waals surface area contributed by atoms with Crippen molar-refractivity contribution in [3.63, 3.8) is 0 Å². The Morgan fingerprint density at radius 2 is 1.70 bits per heavy atom. The van der Waals surface area contributed by atoms with Crippen LogP contribution >= 0.6 is 0 Å². The van der Waals surface area contributed by atoms with Gasteiger partial charge in [-0.25, -0.2) is 4.98 Å². The summed E-state index contributed by atoms with van der Waals surface area (Å²) in [5.41, 5.74) is 11.0. The van der Waals surface area contributed by atoms with E-state index in [2.05, 4.69) is 71.2 Å². The first-order valence-electron chi connectivity index (χ1n) is 7.26. The van der Waals surface area contributed by atoms with Crippen LogP contribution in [0.15, 0.2) is 18.3 Å². The molecule has 0 radical (unpaired) electrons. The van der Waals surface area contributed by atoms with Crippen LogP contribution < -0.4 is 5.73 Å². The fourth-order valence-electron chi connectivity index (χ4n) is 2.43. The van der Waals surface area contributed by atoms with Crippen molar-refractivity contribution >= 4 is 5.65 Å². The third kappa shape index (κ3) is 2.59. The van der Waals surface area contributed by atoms with Gasteiger partial charge in [-0.2, -0.15) is 0 Å². The van der Waals surface area contributed by atoms with E-state index in [1.165, 1.54) is 5.56 Å². The molecule has 0 aliphatic carbocycles. The number of nitrogens with two attached hydrogens (primary N) is 1. The summed E-state index contributed by atoms with van der Waals surface area (Å²) >= 11 is 0. The maximum absolute atomic E-state index is 6.57. The number of aromatic nitrogens is 2. The Bertz CT molecular complexity index is 624. The summed E-state index contributed by atoms with van der Waals surface area (Å²) in [5.74, 6) is 0. The molecule has 1 unspecified atom stereocenters. The second-order valence-corrected chi connectivity index (χ2v) is 7.87. The summed E-state index contributed by atoms with van der Waals surface area (Å²) in [6, 6.07) is 4.12. The fraction of sp³-hybridized carbons (Fsp3) is 0.588. The van der Waals surface area contributed by atoms with Crippen molar-refractivity contribution in [3.8, 4) is 0 Å². The lowest BCUT2D eigenvalue weighted by Crippen LogP contribution is -2.30. The zero-order chi connectivity index (χ0) is 15.3. The third-order valence-electron chi connectivity index (χ3n) is 3.74. The highest BCUT2D eigenvalue weighted by Crippen LogP contribution is 2.37. The summed E-state index contributed by atoms with van der Waals surface area (Å²) in [5, 5.41) is 0. The molecule has 0 aliphatic heterocycles. The van der Waals surface area contributed by atoms with Gasteiger partial charge in [0.1, 0.15) is 5.65 Å². The van der Waals surface area contributed by atoms with Crippen LogP contribution in [-0.2, 0) is 5.41 Å². The molecule has 3 nitrogen and oxygen atoms in total. The van der Waals surface area contributed by atoms with Gasteiger partial charge in [0.15, 0.2) is 0 Å². The second-order valence-electron chi connectivity index (χ2n) is 7.87. The molecule has 0 bridgehead atoms. The van der Waals surface area contributed by atoms with E-state index in [1.807, 2.05) is 0 Å². The molecule has 20 heavy (non-hydrogen) atoms. The minimum atomic E-state index is -0.0477. The van der Waals surface area contributed by atoms with Crippen molar-refractivity contribution in [1.82, 2.24) is 9.38 Å². The van der Waals surface area contributed by atoms with Crippen LogP contribution in [0.4, 0.5) is 0 Å². The van der Waals surface area contributed by atoms with Gasteiger partial charge in [0.05, 0.1) is 17.4 Å². The first-order valence-corrected chi connectivity index (χ1v) is 7.26. The monoisotopic (exact) mass is 273 g/mol. The zero-order valence-corrected chi connectivity index (χ0v) is 13.8. The number of pyridine rings is 1. The Hall–Kier alpha value is -1.35. The van der Waals surface area contributed by atoms with E-state index in [0.29, 0.717) is 0 Å². The van der Waals surface area contributed by atoms with Crippen molar-refractivity contribution in [2.24, 2.45) is 11.1 Å². The van der Waals surface area contributed by atoms with E-state index in [-0.39, 0.29) is 16.9 Å². The number of hydrogen-bond donors (Lipinski definition) is 1. The number of rotatable bonds is 1. The highest BCUT2D eigenvalue weighted by Gasteiger charge is 2.32. The van der Waals surface area contributed by atoms with E-state index in [4.69, 9.17) is 10.7 Å². The average molecular weight is 273 g/mol. The first-order chi connectivity index (χ1) is 9.01. The van der Waals surface area contributed by atoms with E-state index >= 15 is 0 Å². The Kier molecular flexibility index (Phi) is 3.45. The van der Waals surface area contributed by atoms with E-state index < -0.39 is 0 Å². The molecule has 2 heterocycles. The average Bonchev–Trinajstić information content (AvgIpc) is 2.64. The Morgan fingerprint density at radius 1 is 1.10 bits per heavy atom. The highest BCUT2D eigenvalue weighted by atomic mass is 15.0. The number of imidazole rings is 1. The van der Waals surface area contributed by atoms with Gasteiger partial charge in [-0.05, 0) is 24.0 Å². The Labute approximate surface area is 122 Å². The van der Waals surface area contributed by atoms with Gasteiger partial charge in [0.2, 0.25) is 0 Å². The van der Waals surface area contributed by atoms with Crippen molar-refractivity contribution in [3.05, 3.63) is 35.3 Å².